The van der Waals surface area contributed by atoms with Gasteiger partial charge in [-0.3, -0.25) is 4.79 Å². The van der Waals surface area contributed by atoms with Crippen LogP contribution in [0.1, 0.15) is 18.0 Å². The van der Waals surface area contributed by atoms with Crippen molar-refractivity contribution in [2.45, 2.75) is 12.5 Å². The number of rotatable bonds is 4. The quantitative estimate of drug-likeness (QED) is 0.517. The van der Waals surface area contributed by atoms with E-state index in [1.807, 2.05) is 0 Å². The zero-order valence-electron chi connectivity index (χ0n) is 7.67. The standard InChI is InChI=1S/C9H8BrN3O2/c10-7-3-1-6(2-4-7)8(12-13-11)5-9(14)15/h1-4,8H,5H2,(H,14,15). The third kappa shape index (κ3) is 3.61. The predicted octanol–water partition coefficient (Wildman–Crippen LogP) is 3.28. The summed E-state index contributed by atoms with van der Waals surface area (Å²) in [7, 11) is 0. The minimum absolute atomic E-state index is 0.203. The number of hydrogen-bond donors (Lipinski definition) is 1. The first-order chi connectivity index (χ1) is 7.13. The van der Waals surface area contributed by atoms with Crippen molar-refractivity contribution < 1.29 is 9.90 Å². The molecule has 1 atom stereocenters. The van der Waals surface area contributed by atoms with Crippen LogP contribution in [0.3, 0.4) is 0 Å². The highest BCUT2D eigenvalue weighted by Crippen LogP contribution is 2.23. The minimum atomic E-state index is -0.990. The van der Waals surface area contributed by atoms with E-state index in [0.29, 0.717) is 5.56 Å². The van der Waals surface area contributed by atoms with Gasteiger partial charge < -0.3 is 5.11 Å². The summed E-state index contributed by atoms with van der Waals surface area (Å²) in [4.78, 5) is 13.2. The molecule has 0 amide bonds. The number of carbonyl (C=O) groups is 1. The molecule has 5 nitrogen and oxygen atoms in total. The molecule has 0 aliphatic carbocycles. The lowest BCUT2D eigenvalue weighted by molar-refractivity contribution is -0.137. The molecule has 0 fully saturated rings. The summed E-state index contributed by atoms with van der Waals surface area (Å²) in [5.74, 6) is -0.990. The van der Waals surface area contributed by atoms with Gasteiger partial charge in [-0.1, -0.05) is 33.2 Å². The zero-order chi connectivity index (χ0) is 11.3. The van der Waals surface area contributed by atoms with E-state index >= 15 is 0 Å². The normalized spacial score (nSPS) is 11.5. The van der Waals surface area contributed by atoms with Crippen LogP contribution in [0, 0.1) is 0 Å². The smallest absolute Gasteiger partial charge is 0.304 e. The molecule has 0 spiro atoms. The summed E-state index contributed by atoms with van der Waals surface area (Å²) in [5, 5.41) is 12.1. The van der Waals surface area contributed by atoms with E-state index in [-0.39, 0.29) is 6.42 Å². The Morgan fingerprint density at radius 3 is 2.60 bits per heavy atom. The maximum Gasteiger partial charge on any atom is 0.304 e. The van der Waals surface area contributed by atoms with Gasteiger partial charge in [0.05, 0.1) is 12.5 Å². The van der Waals surface area contributed by atoms with Crippen molar-refractivity contribution in [1.82, 2.24) is 0 Å². The molecule has 6 heteroatoms. The second kappa shape index (κ2) is 5.38. The maximum atomic E-state index is 10.5. The Morgan fingerprint density at radius 1 is 1.53 bits per heavy atom. The molecular weight excluding hydrogens is 262 g/mol. The molecule has 0 aromatic heterocycles. The van der Waals surface area contributed by atoms with Gasteiger partial charge in [-0.15, -0.1) is 0 Å². The molecule has 0 bridgehead atoms. The molecule has 0 heterocycles. The van der Waals surface area contributed by atoms with E-state index in [0.717, 1.165) is 4.47 Å². The van der Waals surface area contributed by atoms with Crippen molar-refractivity contribution in [3.05, 3.63) is 44.7 Å². The summed E-state index contributed by atoms with van der Waals surface area (Å²) < 4.78 is 0.890. The van der Waals surface area contributed by atoms with Gasteiger partial charge in [0.25, 0.3) is 0 Å². The van der Waals surface area contributed by atoms with Crippen LogP contribution in [0.25, 0.3) is 10.4 Å². The van der Waals surface area contributed by atoms with Gasteiger partial charge in [-0.05, 0) is 23.2 Å². The number of hydrogen-bond acceptors (Lipinski definition) is 2. The highest BCUT2D eigenvalue weighted by atomic mass is 79.9. The molecule has 0 aliphatic heterocycles. The lowest BCUT2D eigenvalue weighted by atomic mass is 10.1. The molecule has 1 rings (SSSR count). The van der Waals surface area contributed by atoms with Gasteiger partial charge in [0.2, 0.25) is 0 Å². The van der Waals surface area contributed by atoms with Gasteiger partial charge in [0, 0.05) is 9.38 Å². The second-order valence-electron chi connectivity index (χ2n) is 2.87. The van der Waals surface area contributed by atoms with Crippen LogP contribution >= 0.6 is 15.9 Å². The zero-order valence-corrected chi connectivity index (χ0v) is 9.25. The molecule has 1 unspecified atom stereocenters. The summed E-state index contributed by atoms with van der Waals surface area (Å²) in [6, 6.07) is 6.35. The highest BCUT2D eigenvalue weighted by Gasteiger charge is 2.13. The molecule has 1 aromatic carbocycles. The number of azide groups is 1. The first kappa shape index (κ1) is 11.6. The van der Waals surface area contributed by atoms with Crippen molar-refractivity contribution in [2.75, 3.05) is 0 Å². The van der Waals surface area contributed by atoms with Crippen molar-refractivity contribution in [1.29, 1.82) is 0 Å². The van der Waals surface area contributed by atoms with Gasteiger partial charge in [0.15, 0.2) is 0 Å². The largest absolute Gasteiger partial charge is 0.481 e. The van der Waals surface area contributed by atoms with E-state index in [1.165, 1.54) is 0 Å². The third-order valence-corrected chi connectivity index (χ3v) is 2.34. The topological polar surface area (TPSA) is 86.1 Å². The number of carboxylic acids is 1. The predicted molar refractivity (Wildman–Crippen MR) is 58.3 cm³/mol. The van der Waals surface area contributed by atoms with Crippen LogP contribution in [-0.2, 0) is 4.79 Å². The molecule has 15 heavy (non-hydrogen) atoms. The van der Waals surface area contributed by atoms with E-state index < -0.39 is 12.0 Å². The van der Waals surface area contributed by atoms with Crippen LogP contribution < -0.4 is 0 Å². The van der Waals surface area contributed by atoms with Crippen molar-refractivity contribution in [3.63, 3.8) is 0 Å². The maximum absolute atomic E-state index is 10.5. The van der Waals surface area contributed by atoms with Crippen LogP contribution in [0.4, 0.5) is 0 Å². The fourth-order valence-corrected chi connectivity index (χ4v) is 1.40. The summed E-state index contributed by atoms with van der Waals surface area (Å²) in [6.45, 7) is 0. The fourth-order valence-electron chi connectivity index (χ4n) is 1.14. The van der Waals surface area contributed by atoms with Crippen LogP contribution in [-0.4, -0.2) is 11.1 Å². The Hall–Kier alpha value is -1.52. The van der Waals surface area contributed by atoms with E-state index in [2.05, 4.69) is 26.0 Å². The SMILES string of the molecule is [N-]=[N+]=NC(CC(=O)O)c1ccc(Br)cc1. The highest BCUT2D eigenvalue weighted by molar-refractivity contribution is 9.10. The fraction of sp³-hybridized carbons (Fsp3) is 0.222. The molecule has 0 aliphatic rings. The van der Waals surface area contributed by atoms with Crippen LogP contribution in [0.5, 0.6) is 0 Å². The summed E-state index contributed by atoms with van der Waals surface area (Å²) in [6.07, 6.45) is -0.203. The number of aliphatic carboxylic acids is 1. The number of halogens is 1. The Bertz CT molecular complexity index is 398. The molecule has 0 radical (unpaired) electrons. The van der Waals surface area contributed by atoms with Crippen molar-refractivity contribution >= 4 is 21.9 Å². The molecule has 0 saturated heterocycles. The molecule has 1 aromatic rings. The summed E-state index contributed by atoms with van der Waals surface area (Å²) in [5.41, 5.74) is 9.01. The number of carboxylic acid groups (broad SMARTS) is 1. The van der Waals surface area contributed by atoms with E-state index in [9.17, 15) is 4.79 Å². The van der Waals surface area contributed by atoms with Gasteiger partial charge >= 0.3 is 5.97 Å². The Balaban J connectivity index is 2.93. The lowest BCUT2D eigenvalue weighted by Crippen LogP contribution is -2.03. The Morgan fingerprint density at radius 2 is 2.13 bits per heavy atom. The monoisotopic (exact) mass is 269 g/mol. The molecule has 78 valence electrons. The Kier molecular flexibility index (Phi) is 4.15. The number of benzene rings is 1. The van der Waals surface area contributed by atoms with E-state index in [4.69, 9.17) is 10.6 Å². The first-order valence-corrected chi connectivity index (χ1v) is 4.94. The van der Waals surface area contributed by atoms with Crippen LogP contribution in [0.15, 0.2) is 33.9 Å². The lowest BCUT2D eigenvalue weighted by Gasteiger charge is -2.08. The summed E-state index contributed by atoms with van der Waals surface area (Å²) >= 11 is 3.26. The van der Waals surface area contributed by atoms with Crippen molar-refractivity contribution in [3.8, 4) is 0 Å². The van der Waals surface area contributed by atoms with Crippen LogP contribution in [0.2, 0.25) is 0 Å². The average Bonchev–Trinajstić information content (AvgIpc) is 2.17. The minimum Gasteiger partial charge on any atom is -0.481 e. The van der Waals surface area contributed by atoms with Gasteiger partial charge in [0.1, 0.15) is 0 Å². The number of nitrogens with zero attached hydrogens (tertiary/aromatic N) is 3. The Labute approximate surface area is 94.5 Å². The third-order valence-electron chi connectivity index (χ3n) is 1.81. The molecular formula is C9H8BrN3O2. The molecule has 0 saturated carbocycles. The van der Waals surface area contributed by atoms with Crippen molar-refractivity contribution in [2.24, 2.45) is 5.11 Å². The second-order valence-corrected chi connectivity index (χ2v) is 3.79. The van der Waals surface area contributed by atoms with E-state index in [1.54, 1.807) is 24.3 Å². The first-order valence-electron chi connectivity index (χ1n) is 4.15. The molecule has 1 N–H and O–H groups in total. The van der Waals surface area contributed by atoms with Gasteiger partial charge in [-0.2, -0.15) is 0 Å². The van der Waals surface area contributed by atoms with Gasteiger partial charge in [-0.25, -0.2) is 0 Å². The average molecular weight is 270 g/mol.